The summed E-state index contributed by atoms with van der Waals surface area (Å²) in [6.07, 6.45) is 23.5. The van der Waals surface area contributed by atoms with Crippen molar-refractivity contribution in [3.63, 3.8) is 0 Å². The Morgan fingerprint density at radius 2 is 0.818 bits per heavy atom. The Morgan fingerprint density at radius 3 is 1.26 bits per heavy atom. The molecule has 16 heteroatoms. The molecule has 12 nitrogen and oxygen atoms in total. The lowest BCUT2D eigenvalue weighted by Gasteiger charge is -2.31. The summed E-state index contributed by atoms with van der Waals surface area (Å²) in [6.45, 7) is 6.33. The lowest BCUT2D eigenvalue weighted by molar-refractivity contribution is 0.192. The number of likely N-dealkylation sites (N-methyl/N-ethyl adjacent to an activating group) is 2. The largest absolute Gasteiger partial charge is 0.385 e. The van der Waals surface area contributed by atoms with E-state index in [0.29, 0.717) is 42.7 Å². The molecule has 16 rings (SSSR count). The summed E-state index contributed by atoms with van der Waals surface area (Å²) < 4.78 is 62.0. The fourth-order valence-corrected chi connectivity index (χ4v) is 16.0. The second-order valence-electron chi connectivity index (χ2n) is 29.6. The van der Waals surface area contributed by atoms with Crippen LogP contribution < -0.4 is 16.0 Å². The van der Waals surface area contributed by atoms with Crippen LogP contribution in [0.4, 0.5) is 52.5 Å². The maximum atomic E-state index is 14.7. The maximum absolute atomic E-state index is 14.7. The molecule has 0 bridgehead atoms. The number of nitrogens with zero attached hydrogens (tertiary/aromatic N) is 8. The van der Waals surface area contributed by atoms with Gasteiger partial charge in [0.15, 0.2) is 11.6 Å². The first-order chi connectivity index (χ1) is 53.9. The van der Waals surface area contributed by atoms with E-state index in [2.05, 4.69) is 159 Å². The minimum Gasteiger partial charge on any atom is -0.385 e. The van der Waals surface area contributed by atoms with Crippen molar-refractivity contribution in [1.29, 1.82) is 0 Å². The molecule has 110 heavy (non-hydrogen) atoms. The van der Waals surface area contributed by atoms with Gasteiger partial charge in [-0.1, -0.05) is 191 Å². The summed E-state index contributed by atoms with van der Waals surface area (Å²) in [6, 6.07) is 68.9. The second kappa shape index (κ2) is 36.6. The highest BCUT2D eigenvalue weighted by atomic mass is 19.2. The van der Waals surface area contributed by atoms with Crippen LogP contribution in [0.25, 0.3) is 33.8 Å². The van der Waals surface area contributed by atoms with Crippen LogP contribution in [0.2, 0.25) is 0 Å². The molecule has 0 radical (unpaired) electrons. The number of fused-ring (bicyclic) bond motifs is 9. The number of ether oxygens (including phenoxy) is 1. The Balaban J connectivity index is 0.000000138. The predicted molar refractivity (Wildman–Crippen MR) is 436 cm³/mol. The van der Waals surface area contributed by atoms with E-state index in [1.807, 2.05) is 91.4 Å². The van der Waals surface area contributed by atoms with Gasteiger partial charge >= 0.3 is 0 Å². The molecule has 0 saturated heterocycles. The molecule has 3 heterocycles. The van der Waals surface area contributed by atoms with Crippen LogP contribution in [0, 0.1) is 23.3 Å². The summed E-state index contributed by atoms with van der Waals surface area (Å²) >= 11 is 0. The van der Waals surface area contributed by atoms with Crippen LogP contribution in [-0.4, -0.2) is 93.2 Å². The molecule has 0 aliphatic heterocycles. The lowest BCUT2D eigenvalue weighted by atomic mass is 9.78. The van der Waals surface area contributed by atoms with E-state index in [9.17, 15) is 17.6 Å². The zero-order chi connectivity index (χ0) is 75.7. The van der Waals surface area contributed by atoms with E-state index < -0.39 is 11.6 Å². The van der Waals surface area contributed by atoms with Gasteiger partial charge in [0, 0.05) is 103 Å². The number of benzene rings is 9. The van der Waals surface area contributed by atoms with Crippen LogP contribution in [0.15, 0.2) is 231 Å². The number of nitrogens with one attached hydrogen (secondary N) is 3. The minimum absolute atomic E-state index is 0.0491. The number of aryl methyl sites for hydroxylation is 1. The topological polar surface area (TPSA) is 129 Å². The summed E-state index contributed by atoms with van der Waals surface area (Å²) in [5.74, 6) is -0.515. The molecule has 9 aromatic carbocycles. The first-order valence-electron chi connectivity index (χ1n) is 39.1. The summed E-state index contributed by atoms with van der Waals surface area (Å²) in [7, 11) is 6.20. The molecular formula is C94H97F4N11O. The van der Waals surface area contributed by atoms with Gasteiger partial charge in [-0.3, -0.25) is 0 Å². The Bertz CT molecular complexity index is 5050. The van der Waals surface area contributed by atoms with Crippen LogP contribution in [0.1, 0.15) is 156 Å². The summed E-state index contributed by atoms with van der Waals surface area (Å²) in [5, 5.41) is 10.1. The van der Waals surface area contributed by atoms with Crippen molar-refractivity contribution in [2.45, 2.75) is 133 Å². The fraction of sp³-hybridized carbons (Fsp3) is 0.298. The Labute approximate surface area is 645 Å². The van der Waals surface area contributed by atoms with Crippen LogP contribution in [0.3, 0.4) is 0 Å². The fourth-order valence-electron chi connectivity index (χ4n) is 16.0. The highest BCUT2D eigenvalue weighted by Crippen LogP contribution is 2.46. The standard InChI is InChI=1S/C33H35FN4.C31H32F2N4.C30H30FN3O/c1-38(26-9-3-2-4-10-26)20-19-23-15-17-25(18-16-23)36-33-35-22-24-21-30(28-12-7-8-14-31(28)34)27-11-5-6-13-29(27)32(24)37-33;1-3-4-16-37(2)17-15-21-9-12-24(13-10-21)35-31-34-20-23-18-27(22-11-14-28(32)29(33)19-22)25-7-5-6-8-26(25)30(23)36-31;1-35-18-8-2-3-9-21-14-16-23(17-15-21)33-30-32-20-22-19-27(25-11-6-7-13-28(25)31)24-10-4-5-12-26(24)29(22)34-30/h5-8,11-18,22,26,30H,2-4,9-10,19-21H2,1H3,(H,35,36,37);5-14,19-20,27H,3-4,15-18H2,1-2H3,(H,34,35,36);4-7,10-17,20,27H,2-3,8-9,18-19H2,1H3,(H,32,33,34)/t30-;2*27-/m101/s1. The molecule has 4 aliphatic rings. The molecule has 3 N–H and O–H groups in total. The van der Waals surface area contributed by atoms with E-state index >= 15 is 0 Å². The first kappa shape index (κ1) is 76.0. The number of methoxy groups -OCH3 is 1. The van der Waals surface area contributed by atoms with E-state index in [0.717, 1.165) is 160 Å². The number of unbranched alkanes of at least 4 members (excludes halogenated alkanes) is 3. The number of halogens is 4. The van der Waals surface area contributed by atoms with Crippen molar-refractivity contribution in [2.75, 3.05) is 63.4 Å². The van der Waals surface area contributed by atoms with Gasteiger partial charge in [0.2, 0.25) is 17.8 Å². The Hall–Kier alpha value is -10.8. The van der Waals surface area contributed by atoms with Crippen LogP contribution in [0.5, 0.6) is 0 Å². The third-order valence-corrected chi connectivity index (χ3v) is 22.1. The molecule has 0 unspecified atom stereocenters. The molecule has 3 atom stereocenters. The van der Waals surface area contributed by atoms with Crippen molar-refractivity contribution >= 4 is 34.9 Å². The number of rotatable bonds is 25. The lowest BCUT2D eigenvalue weighted by Crippen LogP contribution is -2.34. The average molecular weight is 1470 g/mol. The van der Waals surface area contributed by atoms with E-state index in [4.69, 9.17) is 19.7 Å². The predicted octanol–water partition coefficient (Wildman–Crippen LogP) is 21.7. The van der Waals surface area contributed by atoms with Gasteiger partial charge in [0.25, 0.3) is 0 Å². The molecular weight excluding hydrogens is 1380 g/mol. The van der Waals surface area contributed by atoms with Crippen molar-refractivity contribution in [1.82, 2.24) is 39.7 Å². The SMILES string of the molecule is CCCCN(C)CCc1ccc(Nc2ncc3c(n2)-c2ccccc2[C@H](c2ccc(F)c(F)c2)C3)cc1.CN(CCc1ccc(Nc2ncc3c(n2)-c2ccccc2[C@H](c2ccccc2F)C3)cc1)C1CCCCC1.COCCCCCc1ccc(Nc2ncc3c(n2)-c2ccccc2[C@H](c2ccccc2F)C3)cc1. The monoisotopic (exact) mass is 1470 g/mol. The molecule has 562 valence electrons. The number of hydrogen-bond donors (Lipinski definition) is 3. The average Bonchev–Trinajstić information content (AvgIpc) is 0.767. The van der Waals surface area contributed by atoms with Gasteiger partial charge < -0.3 is 30.5 Å². The quantitative estimate of drug-likeness (QED) is 0.0372. The Kier molecular flexibility index (Phi) is 25.3. The molecule has 0 spiro atoms. The Morgan fingerprint density at radius 1 is 0.400 bits per heavy atom. The number of hydrogen-bond acceptors (Lipinski definition) is 12. The van der Waals surface area contributed by atoms with E-state index in [-0.39, 0.29) is 29.4 Å². The summed E-state index contributed by atoms with van der Waals surface area (Å²) in [4.78, 5) is 33.3. The summed E-state index contributed by atoms with van der Waals surface area (Å²) in [5.41, 5.74) is 21.1. The normalized spacial score (nSPS) is 15.3. The zero-order valence-corrected chi connectivity index (χ0v) is 63.4. The highest BCUT2D eigenvalue weighted by Gasteiger charge is 2.32. The smallest absolute Gasteiger partial charge is 0.227 e. The van der Waals surface area contributed by atoms with Crippen molar-refractivity contribution in [2.24, 2.45) is 0 Å². The van der Waals surface area contributed by atoms with Gasteiger partial charge in [-0.25, -0.2) is 47.5 Å². The molecule has 1 fully saturated rings. The third kappa shape index (κ3) is 18.7. The van der Waals surface area contributed by atoms with Crippen LogP contribution in [-0.2, 0) is 43.3 Å². The zero-order valence-electron chi connectivity index (χ0n) is 63.4. The van der Waals surface area contributed by atoms with Gasteiger partial charge in [0.1, 0.15) is 11.6 Å². The maximum Gasteiger partial charge on any atom is 0.227 e. The minimum atomic E-state index is -0.834. The van der Waals surface area contributed by atoms with E-state index in [1.54, 1.807) is 25.3 Å². The van der Waals surface area contributed by atoms with Gasteiger partial charge in [-0.2, -0.15) is 0 Å². The van der Waals surface area contributed by atoms with Crippen molar-refractivity contribution in [3.05, 3.63) is 321 Å². The number of anilines is 6. The molecule has 4 aliphatic carbocycles. The van der Waals surface area contributed by atoms with Gasteiger partial charge in [-0.15, -0.1) is 0 Å². The van der Waals surface area contributed by atoms with Crippen molar-refractivity contribution < 1.29 is 22.3 Å². The number of aromatic nitrogens is 6. The van der Waals surface area contributed by atoms with Crippen molar-refractivity contribution in [3.8, 4) is 33.8 Å². The van der Waals surface area contributed by atoms with E-state index in [1.165, 1.54) is 92.3 Å². The second-order valence-corrected chi connectivity index (χ2v) is 29.6. The highest BCUT2D eigenvalue weighted by molar-refractivity contribution is 5.76. The molecule has 0 amide bonds. The van der Waals surface area contributed by atoms with Crippen LogP contribution >= 0.6 is 0 Å². The molecule has 3 aromatic heterocycles. The molecule has 1 saturated carbocycles. The van der Waals surface area contributed by atoms with Gasteiger partial charge in [-0.05, 0) is 219 Å². The third-order valence-electron chi connectivity index (χ3n) is 22.1. The van der Waals surface area contributed by atoms with Gasteiger partial charge in [0.05, 0.1) is 17.1 Å². The first-order valence-corrected chi connectivity index (χ1v) is 39.1. The molecule has 12 aromatic rings.